The molecule has 3 N–H and O–H groups in total. The molecule has 0 saturated carbocycles. The first-order valence-corrected chi connectivity index (χ1v) is 43.3. The minimum atomic E-state index is -0.668. The largest absolute Gasteiger partial charge is 0.492 e. The normalized spacial score (nSPS) is 11.7. The lowest BCUT2D eigenvalue weighted by Gasteiger charge is -2.09. The van der Waals surface area contributed by atoms with Gasteiger partial charge in [-0.2, -0.15) is 0 Å². The Morgan fingerprint density at radius 2 is 0.331 bits per heavy atom. The molecule has 1 rings (SSSR count). The summed E-state index contributed by atoms with van der Waals surface area (Å²) in [6, 6.07) is 2.39. The zero-order valence-corrected chi connectivity index (χ0v) is 74.2. The second kappa shape index (κ2) is 106. The average Bonchev–Trinajstić information content (AvgIpc) is 1.74. The van der Waals surface area contributed by atoms with Crippen LogP contribution >= 0.6 is 0 Å². The van der Waals surface area contributed by atoms with Gasteiger partial charge in [-0.15, -0.1) is 4.73 Å². The SMILES string of the molecule is COCCOCCOCCOCCOCCOCCOCCOCCOCCOCCOCCOCCC(=O)NCCOCCOCCOCCOCCOCCOCCOCCOCCOCCOCCOCCOCCOCCOCCOCCOCCOCCOCCOCCOCCOCCOCCOCCOCCC(=O)On1c(O)ccc1O. The highest BCUT2D eigenvalue weighted by Gasteiger charge is 2.13. The van der Waals surface area contributed by atoms with Crippen LogP contribution in [0.25, 0.3) is 0 Å². The third-order valence-corrected chi connectivity index (χ3v) is 15.2. The first kappa shape index (κ1) is 118. The van der Waals surface area contributed by atoms with Gasteiger partial charge in [-0.05, 0) is 0 Å². The number of hydrogen-bond acceptors (Lipinski definition) is 41. The zero-order valence-electron chi connectivity index (χ0n) is 74.2. The van der Waals surface area contributed by atoms with Gasteiger partial charge in [0, 0.05) is 32.2 Å². The number of carbonyl (C=O) groups excluding carboxylic acids is 2. The monoisotopic (exact) mass is 1810 g/mol. The van der Waals surface area contributed by atoms with E-state index in [-0.39, 0.29) is 43.7 Å². The van der Waals surface area contributed by atoms with Crippen LogP contribution in [-0.4, -0.2) is 510 Å². The molecule has 124 heavy (non-hydrogen) atoms. The van der Waals surface area contributed by atoms with Crippen molar-refractivity contribution in [3.8, 4) is 11.8 Å². The van der Waals surface area contributed by atoms with Gasteiger partial charge in [0.15, 0.2) is 0 Å². The van der Waals surface area contributed by atoms with Crippen LogP contribution in [0.5, 0.6) is 11.8 Å². The van der Waals surface area contributed by atoms with Crippen molar-refractivity contribution >= 4 is 11.9 Å². The van der Waals surface area contributed by atoms with Gasteiger partial charge in [0.25, 0.3) is 0 Å². The summed E-state index contributed by atoms with van der Waals surface area (Å²) in [5, 5.41) is 21.8. The molecule has 0 atom stereocenters. The van der Waals surface area contributed by atoms with Crippen molar-refractivity contribution in [1.29, 1.82) is 0 Å². The van der Waals surface area contributed by atoms with E-state index in [1.807, 2.05) is 0 Å². The standard InChI is InChI=1S/C81H156N2O41/c1-88-10-11-92-18-19-96-26-27-100-34-35-104-42-43-108-50-51-109-47-44-105-39-36-101-31-28-97-23-20-93-15-12-89-7-4-78(84)82-6-9-91-14-17-95-22-25-99-30-33-103-38-41-107-46-49-111-53-55-113-57-59-115-61-63-117-65-67-119-69-71-121-73-75-123-77-76-122-74-72-120-70-68-118-66-64-116-62-60-114-58-56-112-54-52-110-48-45-106-40-37-102-32-29-98-24-21-94-16-13-90-8-5-81(87)124-83-79(85)2-3-80(83)86/h2-3,85-86H,4-77H2,1H3,(H,82,84). The lowest BCUT2D eigenvalue weighted by Crippen LogP contribution is -2.28. The number of hydrogen-bond donors (Lipinski definition) is 3. The summed E-state index contributed by atoms with van der Waals surface area (Å²) < 4.78 is 198. The molecule has 43 heteroatoms. The maximum Gasteiger partial charge on any atom is 0.335 e. The van der Waals surface area contributed by atoms with Crippen LogP contribution in [0.1, 0.15) is 12.8 Å². The van der Waals surface area contributed by atoms with E-state index >= 15 is 0 Å². The van der Waals surface area contributed by atoms with Crippen molar-refractivity contribution in [2.24, 2.45) is 0 Å². The molecule has 0 aliphatic rings. The highest BCUT2D eigenvalue weighted by atomic mass is 16.7. The van der Waals surface area contributed by atoms with E-state index in [1.165, 1.54) is 12.1 Å². The summed E-state index contributed by atoms with van der Waals surface area (Å²) in [4.78, 5) is 28.6. The molecule has 1 aromatic heterocycles. The Morgan fingerprint density at radius 3 is 0.484 bits per heavy atom. The number of carbonyl (C=O) groups is 2. The van der Waals surface area contributed by atoms with Crippen molar-refractivity contribution in [3.63, 3.8) is 0 Å². The number of nitrogens with one attached hydrogen (secondary N) is 1. The van der Waals surface area contributed by atoms with Gasteiger partial charge in [-0.3, -0.25) is 4.79 Å². The first-order valence-electron chi connectivity index (χ1n) is 43.3. The molecule has 1 amide bonds. The van der Waals surface area contributed by atoms with Gasteiger partial charge in [0.1, 0.15) is 0 Å². The second-order valence-corrected chi connectivity index (χ2v) is 25.1. The summed E-state index contributed by atoms with van der Waals surface area (Å²) in [5.74, 6) is -1.55. The quantitative estimate of drug-likeness (QED) is 0.0721. The van der Waals surface area contributed by atoms with E-state index in [9.17, 15) is 19.8 Å². The lowest BCUT2D eigenvalue weighted by molar-refractivity contribution is -0.146. The van der Waals surface area contributed by atoms with Crippen LogP contribution in [0, 0.1) is 0 Å². The Labute approximate surface area is 734 Å². The fourth-order valence-electron chi connectivity index (χ4n) is 8.92. The summed E-state index contributed by atoms with van der Waals surface area (Å²) in [6.07, 6.45) is 0.193. The fraction of sp³-hybridized carbons (Fsp3) is 0.926. The Balaban J connectivity index is 1.60. The van der Waals surface area contributed by atoms with Gasteiger partial charge in [-0.25, -0.2) is 4.79 Å². The molecule has 0 aliphatic heterocycles. The van der Waals surface area contributed by atoms with E-state index < -0.39 is 5.97 Å². The highest BCUT2D eigenvalue weighted by Crippen LogP contribution is 2.19. The minimum absolute atomic E-state index is 0.0577. The van der Waals surface area contributed by atoms with Gasteiger partial charge < -0.3 is 191 Å². The Bertz CT molecular complexity index is 2190. The first-order chi connectivity index (χ1) is 61.5. The van der Waals surface area contributed by atoms with Crippen LogP contribution in [-0.2, 0) is 180 Å². The Morgan fingerprint density at radius 1 is 0.202 bits per heavy atom. The predicted molar refractivity (Wildman–Crippen MR) is 442 cm³/mol. The molecule has 43 nitrogen and oxygen atoms in total. The number of rotatable bonds is 112. The maximum atomic E-state index is 12.1. The number of aromatic nitrogens is 1. The van der Waals surface area contributed by atoms with Gasteiger partial charge >= 0.3 is 5.97 Å². The van der Waals surface area contributed by atoms with Crippen LogP contribution in [0.4, 0.5) is 0 Å². The average molecular weight is 1810 g/mol. The molecule has 0 unspecified atom stereocenters. The van der Waals surface area contributed by atoms with E-state index in [0.717, 1.165) is 0 Å². The molecule has 0 spiro atoms. The van der Waals surface area contributed by atoms with E-state index in [2.05, 4.69) is 5.32 Å². The number of ether oxygens (including phenoxy) is 36. The summed E-state index contributed by atoms with van der Waals surface area (Å²) in [6.45, 7) is 32.5. The molecule has 1 aromatic rings. The molecule has 1 heterocycles. The topological polar surface area (TPSA) is 433 Å². The molecular formula is C81H156N2O41. The van der Waals surface area contributed by atoms with Crippen molar-refractivity contribution in [3.05, 3.63) is 12.1 Å². The van der Waals surface area contributed by atoms with Crippen LogP contribution in [0.15, 0.2) is 12.1 Å². The zero-order chi connectivity index (χ0) is 88.5. The van der Waals surface area contributed by atoms with Crippen LogP contribution < -0.4 is 10.2 Å². The van der Waals surface area contributed by atoms with Crippen molar-refractivity contribution in [1.82, 2.24) is 10.0 Å². The molecular weight excluding hydrogens is 1660 g/mol. The van der Waals surface area contributed by atoms with E-state index in [1.54, 1.807) is 7.11 Å². The summed E-state index contributed by atoms with van der Waals surface area (Å²) in [7, 11) is 1.64. The molecule has 0 aliphatic carbocycles. The fourth-order valence-corrected chi connectivity index (χ4v) is 8.92. The number of amides is 1. The summed E-state index contributed by atoms with van der Waals surface area (Å²) in [5.41, 5.74) is 0. The van der Waals surface area contributed by atoms with E-state index in [4.69, 9.17) is 175 Å². The van der Waals surface area contributed by atoms with Crippen molar-refractivity contribution in [2.75, 3.05) is 483 Å². The van der Waals surface area contributed by atoms with E-state index in [0.29, 0.717) is 467 Å². The van der Waals surface area contributed by atoms with Crippen LogP contribution in [0.2, 0.25) is 0 Å². The van der Waals surface area contributed by atoms with Gasteiger partial charge in [0.05, 0.1) is 476 Å². The Kier molecular flexibility index (Phi) is 102. The molecule has 0 saturated heterocycles. The number of nitrogens with zero attached hydrogens (tertiary/aromatic N) is 1. The molecule has 0 aromatic carbocycles. The van der Waals surface area contributed by atoms with Crippen molar-refractivity contribution in [2.45, 2.75) is 12.8 Å². The van der Waals surface area contributed by atoms with Gasteiger partial charge in [-0.1, -0.05) is 0 Å². The Hall–Kier alpha value is -3.62. The molecule has 0 bridgehead atoms. The predicted octanol–water partition coefficient (Wildman–Crippen LogP) is -0.0217. The third-order valence-electron chi connectivity index (χ3n) is 15.2. The molecule has 0 radical (unpaired) electrons. The second-order valence-electron chi connectivity index (χ2n) is 25.1. The lowest BCUT2D eigenvalue weighted by atomic mass is 10.4. The smallest absolute Gasteiger partial charge is 0.335 e. The highest BCUT2D eigenvalue weighted by molar-refractivity contribution is 5.75. The molecule has 0 fully saturated rings. The molecule has 736 valence electrons. The maximum absolute atomic E-state index is 12.1. The van der Waals surface area contributed by atoms with Crippen LogP contribution in [0.3, 0.4) is 0 Å². The number of aromatic hydroxyl groups is 2. The third kappa shape index (κ3) is 99.0. The summed E-state index contributed by atoms with van der Waals surface area (Å²) >= 11 is 0. The van der Waals surface area contributed by atoms with Gasteiger partial charge in [0.2, 0.25) is 17.7 Å². The minimum Gasteiger partial charge on any atom is -0.492 e. The number of methoxy groups -OCH3 is 1. The van der Waals surface area contributed by atoms with Crippen molar-refractivity contribution < 1.29 is 195 Å².